The van der Waals surface area contributed by atoms with E-state index in [1.54, 1.807) is 13.0 Å². The number of esters is 1. The molecule has 2 rings (SSSR count). The van der Waals surface area contributed by atoms with Crippen molar-refractivity contribution < 1.29 is 28.7 Å². The van der Waals surface area contributed by atoms with Gasteiger partial charge < -0.3 is 19.5 Å². The quantitative estimate of drug-likeness (QED) is 0.369. The molecule has 0 aromatic heterocycles. The summed E-state index contributed by atoms with van der Waals surface area (Å²) in [5.41, 5.74) is 0.393. The third-order valence-corrected chi connectivity index (χ3v) is 4.13. The number of methoxy groups -OCH3 is 1. The number of carbonyl (C=O) groups excluding carboxylic acids is 2. The Labute approximate surface area is 168 Å². The van der Waals surface area contributed by atoms with Gasteiger partial charge in [-0.3, -0.25) is 14.9 Å². The zero-order valence-electron chi connectivity index (χ0n) is 15.1. The molecule has 0 bridgehead atoms. The monoisotopic (exact) mass is 452 g/mol. The first-order valence-electron chi connectivity index (χ1n) is 8.07. The van der Waals surface area contributed by atoms with Gasteiger partial charge in [-0.1, -0.05) is 0 Å². The molecule has 0 heterocycles. The van der Waals surface area contributed by atoms with Crippen LogP contribution in [0.1, 0.15) is 17.3 Å². The average Bonchev–Trinajstić information content (AvgIpc) is 2.67. The van der Waals surface area contributed by atoms with Crippen molar-refractivity contribution in [3.05, 3.63) is 56.5 Å². The molecule has 0 saturated heterocycles. The Balaban J connectivity index is 1.98. The fourth-order valence-electron chi connectivity index (χ4n) is 2.19. The van der Waals surface area contributed by atoms with Crippen molar-refractivity contribution in [2.45, 2.75) is 6.92 Å². The maximum atomic E-state index is 12.2. The first-order chi connectivity index (χ1) is 13.3. The highest BCUT2D eigenvalue weighted by atomic mass is 79.9. The number of nitrogens with zero attached hydrogens (tertiary/aromatic N) is 1. The van der Waals surface area contributed by atoms with Gasteiger partial charge in [-0.25, -0.2) is 4.79 Å². The molecule has 10 heteroatoms. The van der Waals surface area contributed by atoms with Crippen LogP contribution in [0.25, 0.3) is 0 Å². The maximum absolute atomic E-state index is 12.2. The van der Waals surface area contributed by atoms with E-state index in [1.807, 2.05) is 0 Å². The molecule has 0 radical (unpaired) electrons. The number of halogens is 1. The molecule has 0 spiro atoms. The summed E-state index contributed by atoms with van der Waals surface area (Å²) in [6, 6.07) is 8.41. The summed E-state index contributed by atoms with van der Waals surface area (Å²) in [6.45, 7) is 1.66. The van der Waals surface area contributed by atoms with Crippen molar-refractivity contribution >= 4 is 39.2 Å². The van der Waals surface area contributed by atoms with E-state index in [1.165, 1.54) is 37.4 Å². The fourth-order valence-corrected chi connectivity index (χ4v) is 2.66. The van der Waals surface area contributed by atoms with Crippen LogP contribution in [-0.4, -0.2) is 37.1 Å². The summed E-state index contributed by atoms with van der Waals surface area (Å²) in [4.78, 5) is 34.3. The molecule has 0 aliphatic rings. The van der Waals surface area contributed by atoms with Crippen molar-refractivity contribution in [2.24, 2.45) is 0 Å². The summed E-state index contributed by atoms with van der Waals surface area (Å²) < 4.78 is 15.9. The fraction of sp³-hybridized carbons (Fsp3) is 0.222. The summed E-state index contributed by atoms with van der Waals surface area (Å²) >= 11 is 3.14. The zero-order valence-corrected chi connectivity index (χ0v) is 16.6. The molecule has 0 saturated carbocycles. The van der Waals surface area contributed by atoms with E-state index in [4.69, 9.17) is 14.2 Å². The van der Waals surface area contributed by atoms with Gasteiger partial charge in [-0.2, -0.15) is 0 Å². The minimum absolute atomic E-state index is 0.124. The second kappa shape index (κ2) is 9.70. The number of benzene rings is 2. The van der Waals surface area contributed by atoms with Gasteiger partial charge in [0.15, 0.2) is 18.1 Å². The summed E-state index contributed by atoms with van der Waals surface area (Å²) in [5, 5.41) is 13.2. The Bertz CT molecular complexity index is 901. The number of amides is 1. The number of hydrogen-bond acceptors (Lipinski definition) is 7. The van der Waals surface area contributed by atoms with E-state index < -0.39 is 23.4 Å². The molecule has 2 aromatic rings. The number of rotatable bonds is 8. The Hall–Kier alpha value is -3.14. The lowest BCUT2D eigenvalue weighted by molar-refractivity contribution is -0.384. The van der Waals surface area contributed by atoms with Crippen LogP contribution in [0.2, 0.25) is 0 Å². The molecular formula is C18H17BrN2O7. The largest absolute Gasteiger partial charge is 0.493 e. The van der Waals surface area contributed by atoms with Crippen molar-refractivity contribution in [1.29, 1.82) is 0 Å². The van der Waals surface area contributed by atoms with Crippen molar-refractivity contribution in [3.8, 4) is 11.5 Å². The number of non-ortho nitro benzene ring substituents is 1. The van der Waals surface area contributed by atoms with E-state index >= 15 is 0 Å². The highest BCUT2D eigenvalue weighted by molar-refractivity contribution is 9.10. The van der Waals surface area contributed by atoms with Crippen LogP contribution < -0.4 is 14.8 Å². The molecule has 2 aromatic carbocycles. The van der Waals surface area contributed by atoms with Crippen LogP contribution >= 0.6 is 15.9 Å². The third-order valence-electron chi connectivity index (χ3n) is 3.47. The molecule has 0 aliphatic carbocycles. The highest BCUT2D eigenvalue weighted by Crippen LogP contribution is 2.29. The summed E-state index contributed by atoms with van der Waals surface area (Å²) in [5.74, 6) is -0.444. The van der Waals surface area contributed by atoms with Gasteiger partial charge in [0.25, 0.3) is 11.6 Å². The van der Waals surface area contributed by atoms with E-state index in [-0.39, 0.29) is 11.3 Å². The smallest absolute Gasteiger partial charge is 0.338 e. The van der Waals surface area contributed by atoms with E-state index in [0.717, 1.165) is 0 Å². The summed E-state index contributed by atoms with van der Waals surface area (Å²) in [6.07, 6.45) is 0. The molecule has 9 nitrogen and oxygen atoms in total. The molecule has 0 aliphatic heterocycles. The second-order valence-electron chi connectivity index (χ2n) is 5.34. The Morgan fingerprint density at radius 3 is 2.54 bits per heavy atom. The van der Waals surface area contributed by atoms with Crippen molar-refractivity contribution in [2.75, 3.05) is 25.6 Å². The number of nitro groups is 1. The lowest BCUT2D eigenvalue weighted by Crippen LogP contribution is -2.21. The maximum Gasteiger partial charge on any atom is 0.338 e. The average molecular weight is 453 g/mol. The van der Waals surface area contributed by atoms with Crippen LogP contribution in [0.15, 0.2) is 40.9 Å². The first kappa shape index (κ1) is 21.2. The minimum atomic E-state index is -0.707. The Morgan fingerprint density at radius 1 is 1.18 bits per heavy atom. The molecular weight excluding hydrogens is 436 g/mol. The van der Waals surface area contributed by atoms with E-state index in [0.29, 0.717) is 28.3 Å². The SMILES string of the molecule is CCOc1cc(C(=O)OCC(=O)Nc2ccc([N+](=O)[O-])cc2Br)ccc1OC. The van der Waals surface area contributed by atoms with Crippen LogP contribution in [0.3, 0.4) is 0 Å². The predicted molar refractivity (Wildman–Crippen MR) is 104 cm³/mol. The van der Waals surface area contributed by atoms with Gasteiger partial charge >= 0.3 is 5.97 Å². The molecule has 0 atom stereocenters. The lowest BCUT2D eigenvalue weighted by Gasteiger charge is -2.11. The van der Waals surface area contributed by atoms with Crippen LogP contribution in [0, 0.1) is 10.1 Å². The van der Waals surface area contributed by atoms with Crippen molar-refractivity contribution in [1.82, 2.24) is 0 Å². The van der Waals surface area contributed by atoms with Crippen LogP contribution in [-0.2, 0) is 9.53 Å². The molecule has 0 unspecified atom stereocenters. The molecule has 28 heavy (non-hydrogen) atoms. The number of hydrogen-bond donors (Lipinski definition) is 1. The molecule has 0 fully saturated rings. The van der Waals surface area contributed by atoms with Gasteiger partial charge in [0.1, 0.15) is 0 Å². The zero-order chi connectivity index (χ0) is 20.7. The van der Waals surface area contributed by atoms with Gasteiger partial charge in [-0.05, 0) is 47.1 Å². The highest BCUT2D eigenvalue weighted by Gasteiger charge is 2.15. The number of nitrogens with one attached hydrogen (secondary N) is 1. The molecule has 1 N–H and O–H groups in total. The first-order valence-corrected chi connectivity index (χ1v) is 8.86. The Kier molecular flexibility index (Phi) is 7.33. The van der Waals surface area contributed by atoms with E-state index in [2.05, 4.69) is 21.2 Å². The third kappa shape index (κ3) is 5.43. The minimum Gasteiger partial charge on any atom is -0.493 e. The van der Waals surface area contributed by atoms with Crippen LogP contribution in [0.5, 0.6) is 11.5 Å². The lowest BCUT2D eigenvalue weighted by atomic mass is 10.2. The summed E-state index contributed by atoms with van der Waals surface area (Å²) in [7, 11) is 1.48. The second-order valence-corrected chi connectivity index (χ2v) is 6.20. The van der Waals surface area contributed by atoms with E-state index in [9.17, 15) is 19.7 Å². The normalized spacial score (nSPS) is 10.1. The Morgan fingerprint density at radius 2 is 1.93 bits per heavy atom. The standard InChI is InChI=1S/C18H17BrN2O7/c1-3-27-16-8-11(4-7-15(16)26-2)18(23)28-10-17(22)20-14-6-5-12(21(24)25)9-13(14)19/h4-9H,3,10H2,1-2H3,(H,20,22). The number of anilines is 1. The number of nitro benzene ring substituents is 1. The molecule has 1 amide bonds. The topological polar surface area (TPSA) is 117 Å². The van der Waals surface area contributed by atoms with Crippen LogP contribution in [0.4, 0.5) is 11.4 Å². The van der Waals surface area contributed by atoms with Gasteiger partial charge in [0, 0.05) is 16.6 Å². The number of ether oxygens (including phenoxy) is 3. The van der Waals surface area contributed by atoms with Crippen molar-refractivity contribution in [3.63, 3.8) is 0 Å². The molecule has 148 valence electrons. The van der Waals surface area contributed by atoms with Gasteiger partial charge in [0.2, 0.25) is 0 Å². The predicted octanol–water partition coefficient (Wildman–Crippen LogP) is 3.56. The number of carbonyl (C=O) groups is 2. The van der Waals surface area contributed by atoms with Gasteiger partial charge in [0.05, 0.1) is 29.9 Å². The van der Waals surface area contributed by atoms with Gasteiger partial charge in [-0.15, -0.1) is 0 Å².